The summed E-state index contributed by atoms with van der Waals surface area (Å²) in [6.07, 6.45) is 15.4. The van der Waals surface area contributed by atoms with E-state index in [2.05, 4.69) is 25.1 Å². The lowest BCUT2D eigenvalue weighted by Gasteiger charge is -2.03. The zero-order valence-corrected chi connectivity index (χ0v) is 12.0. The zero-order chi connectivity index (χ0) is 14.3. The summed E-state index contributed by atoms with van der Waals surface area (Å²) in [7, 11) is 0. The van der Waals surface area contributed by atoms with Gasteiger partial charge < -0.3 is 10.1 Å². The van der Waals surface area contributed by atoms with Gasteiger partial charge in [-0.25, -0.2) is 0 Å². The molecule has 0 aliphatic rings. The van der Waals surface area contributed by atoms with E-state index < -0.39 is 0 Å². The van der Waals surface area contributed by atoms with Crippen LogP contribution in [0.4, 0.5) is 0 Å². The maximum atomic E-state index is 11.3. The lowest BCUT2D eigenvalue weighted by atomic mass is 10.2. The summed E-state index contributed by atoms with van der Waals surface area (Å²) >= 11 is 0. The highest BCUT2D eigenvalue weighted by atomic mass is 16.5. The van der Waals surface area contributed by atoms with Gasteiger partial charge in [0.25, 0.3) is 0 Å². The summed E-state index contributed by atoms with van der Waals surface area (Å²) in [6, 6.07) is 0. The third-order valence-electron chi connectivity index (χ3n) is 2.27. The molecule has 0 aliphatic carbocycles. The van der Waals surface area contributed by atoms with Crippen LogP contribution in [0.2, 0.25) is 0 Å². The van der Waals surface area contributed by atoms with E-state index in [0.29, 0.717) is 25.7 Å². The molecular weight excluding hydrogens is 238 g/mol. The molecule has 0 aromatic heterocycles. The van der Waals surface area contributed by atoms with Gasteiger partial charge in [-0.1, -0.05) is 38.0 Å². The molecule has 0 spiro atoms. The van der Waals surface area contributed by atoms with Crippen LogP contribution in [-0.4, -0.2) is 25.7 Å². The van der Waals surface area contributed by atoms with E-state index in [1.165, 1.54) is 0 Å². The van der Waals surface area contributed by atoms with E-state index in [4.69, 9.17) is 11.2 Å². The smallest absolute Gasteiger partial charge is 0.243 e. The molecule has 1 amide bonds. The minimum Gasteiger partial charge on any atom is -0.369 e. The summed E-state index contributed by atoms with van der Waals surface area (Å²) < 4.78 is 5.16. The van der Waals surface area contributed by atoms with Crippen molar-refractivity contribution in [2.45, 2.75) is 33.1 Å². The highest BCUT2D eigenvalue weighted by Crippen LogP contribution is 1.97. The molecule has 0 aromatic carbocycles. The van der Waals surface area contributed by atoms with Gasteiger partial charge in [-0.2, -0.15) is 0 Å². The minimum atomic E-state index is -0.0407. The van der Waals surface area contributed by atoms with Crippen molar-refractivity contribution < 1.29 is 9.53 Å². The Balaban J connectivity index is 3.46. The van der Waals surface area contributed by atoms with Crippen LogP contribution in [0.15, 0.2) is 24.3 Å². The molecule has 0 radical (unpaired) electrons. The normalized spacial score (nSPS) is 11.3. The Labute approximate surface area is 117 Å². The van der Waals surface area contributed by atoms with E-state index >= 15 is 0 Å². The highest BCUT2D eigenvalue weighted by Gasteiger charge is 1.95. The summed E-state index contributed by atoms with van der Waals surface area (Å²) in [4.78, 5) is 11.3. The van der Waals surface area contributed by atoms with Gasteiger partial charge in [0.05, 0.1) is 0 Å². The first-order valence-corrected chi connectivity index (χ1v) is 6.79. The molecule has 0 unspecified atom stereocenters. The average Bonchev–Trinajstić information content (AvgIpc) is 2.38. The van der Waals surface area contributed by atoms with Crippen molar-refractivity contribution in [3.63, 3.8) is 0 Å². The Hall–Kier alpha value is -1.53. The molecule has 19 heavy (non-hydrogen) atoms. The van der Waals surface area contributed by atoms with Crippen LogP contribution in [0.3, 0.4) is 0 Å². The van der Waals surface area contributed by atoms with Crippen molar-refractivity contribution in [1.82, 2.24) is 5.32 Å². The molecule has 0 fully saturated rings. The van der Waals surface area contributed by atoms with Gasteiger partial charge in [0.15, 0.2) is 0 Å². The monoisotopic (exact) mass is 263 g/mol. The van der Waals surface area contributed by atoms with E-state index in [-0.39, 0.29) is 5.91 Å². The quantitative estimate of drug-likeness (QED) is 0.285. The van der Waals surface area contributed by atoms with E-state index in [0.717, 1.165) is 19.3 Å². The molecule has 0 rings (SSSR count). The molecule has 0 aromatic rings. The summed E-state index contributed by atoms with van der Waals surface area (Å²) in [5, 5.41) is 2.82. The second-order valence-electron chi connectivity index (χ2n) is 4.68. The number of terminal acetylenes is 1. The molecule has 0 aliphatic heterocycles. The van der Waals surface area contributed by atoms with Crippen LogP contribution in [0.1, 0.15) is 33.1 Å². The van der Waals surface area contributed by atoms with Crippen molar-refractivity contribution >= 4 is 5.91 Å². The maximum absolute atomic E-state index is 11.3. The fourth-order valence-corrected chi connectivity index (χ4v) is 1.28. The lowest BCUT2D eigenvalue weighted by molar-refractivity contribution is -0.116. The molecule has 0 heterocycles. The van der Waals surface area contributed by atoms with Gasteiger partial charge in [-0.3, -0.25) is 4.79 Å². The van der Waals surface area contributed by atoms with Crippen LogP contribution >= 0.6 is 0 Å². The average molecular weight is 263 g/mol. The number of carbonyl (C=O) groups excluding carboxylic acids is 1. The fraction of sp³-hybridized carbons (Fsp3) is 0.562. The van der Waals surface area contributed by atoms with E-state index in [9.17, 15) is 4.79 Å². The molecule has 3 heteroatoms. The molecule has 0 atom stereocenters. The third-order valence-corrected chi connectivity index (χ3v) is 2.27. The van der Waals surface area contributed by atoms with Crippen molar-refractivity contribution in [1.29, 1.82) is 0 Å². The predicted molar refractivity (Wildman–Crippen MR) is 79.6 cm³/mol. The van der Waals surface area contributed by atoms with Crippen LogP contribution < -0.4 is 5.32 Å². The molecular formula is C16H25NO2. The lowest BCUT2D eigenvalue weighted by Crippen LogP contribution is -2.25. The van der Waals surface area contributed by atoms with Crippen LogP contribution in [0.5, 0.6) is 0 Å². The molecule has 1 N–H and O–H groups in total. The summed E-state index contributed by atoms with van der Waals surface area (Å²) in [5.74, 6) is 2.87. The molecule has 3 nitrogen and oxygen atoms in total. The van der Waals surface area contributed by atoms with Gasteiger partial charge in [-0.15, -0.1) is 6.42 Å². The number of allylic oxidation sites excluding steroid dienone is 3. The van der Waals surface area contributed by atoms with E-state index in [1.54, 1.807) is 12.2 Å². The van der Waals surface area contributed by atoms with Gasteiger partial charge in [0.2, 0.25) is 5.91 Å². The van der Waals surface area contributed by atoms with Crippen LogP contribution in [-0.2, 0) is 9.53 Å². The minimum absolute atomic E-state index is 0.0407. The SMILES string of the molecule is C#CCOCCCC/C=C/C=C/C(=O)NCC(C)C. The standard InChI is InChI=1S/C16H25NO2/c1-4-12-19-13-10-8-6-5-7-9-11-16(18)17-14-15(2)3/h1,5,7,9,11,15H,6,8,10,12-14H2,2-3H3,(H,17,18)/b7-5+,11-9+. The third kappa shape index (κ3) is 14.4. The Bertz CT molecular complexity index is 324. The number of hydrogen-bond acceptors (Lipinski definition) is 2. The fourth-order valence-electron chi connectivity index (χ4n) is 1.28. The zero-order valence-electron chi connectivity index (χ0n) is 12.0. The number of nitrogens with one attached hydrogen (secondary N) is 1. The molecule has 0 saturated heterocycles. The first-order valence-electron chi connectivity index (χ1n) is 6.79. The summed E-state index contributed by atoms with van der Waals surface area (Å²) in [6.45, 7) is 5.95. The number of carbonyl (C=O) groups is 1. The molecule has 0 bridgehead atoms. The molecule has 106 valence electrons. The number of hydrogen-bond donors (Lipinski definition) is 1. The van der Waals surface area contributed by atoms with Crippen molar-refractivity contribution in [2.75, 3.05) is 19.8 Å². The van der Waals surface area contributed by atoms with Crippen LogP contribution in [0.25, 0.3) is 0 Å². The van der Waals surface area contributed by atoms with Crippen LogP contribution in [0, 0.1) is 18.3 Å². The Morgan fingerprint density at radius 3 is 2.84 bits per heavy atom. The first-order chi connectivity index (χ1) is 9.16. The van der Waals surface area contributed by atoms with Crippen molar-refractivity contribution in [2.24, 2.45) is 5.92 Å². The predicted octanol–water partition coefficient (Wildman–Crippen LogP) is 2.69. The van der Waals surface area contributed by atoms with Gasteiger partial charge in [0, 0.05) is 19.2 Å². The maximum Gasteiger partial charge on any atom is 0.243 e. The number of amides is 1. The Morgan fingerprint density at radius 2 is 2.16 bits per heavy atom. The second kappa shape index (κ2) is 12.9. The number of unbranched alkanes of at least 4 members (excludes halogenated alkanes) is 2. The number of ether oxygens (including phenoxy) is 1. The van der Waals surface area contributed by atoms with Gasteiger partial charge >= 0.3 is 0 Å². The van der Waals surface area contributed by atoms with Crippen molar-refractivity contribution in [3.8, 4) is 12.3 Å². The number of rotatable bonds is 10. The Morgan fingerprint density at radius 1 is 1.37 bits per heavy atom. The topological polar surface area (TPSA) is 38.3 Å². The highest BCUT2D eigenvalue weighted by molar-refractivity contribution is 5.87. The summed E-state index contributed by atoms with van der Waals surface area (Å²) in [5.41, 5.74) is 0. The second-order valence-corrected chi connectivity index (χ2v) is 4.68. The van der Waals surface area contributed by atoms with Gasteiger partial charge in [-0.05, 0) is 25.2 Å². The van der Waals surface area contributed by atoms with Gasteiger partial charge in [0.1, 0.15) is 6.61 Å². The van der Waals surface area contributed by atoms with E-state index in [1.807, 2.05) is 12.2 Å². The molecule has 0 saturated carbocycles. The largest absolute Gasteiger partial charge is 0.369 e. The van der Waals surface area contributed by atoms with Crippen molar-refractivity contribution in [3.05, 3.63) is 24.3 Å². The first kappa shape index (κ1) is 17.5. The Kier molecular flexibility index (Phi) is 11.9.